The summed E-state index contributed by atoms with van der Waals surface area (Å²) >= 11 is 6.02. The van der Waals surface area contributed by atoms with Crippen molar-refractivity contribution in [2.75, 3.05) is 6.54 Å². The molecule has 1 unspecified atom stereocenters. The van der Waals surface area contributed by atoms with E-state index in [0.717, 1.165) is 18.5 Å². The highest BCUT2D eigenvalue weighted by molar-refractivity contribution is 6.31. The molecule has 0 aliphatic heterocycles. The maximum atomic E-state index is 12.9. The van der Waals surface area contributed by atoms with Crippen molar-refractivity contribution < 1.29 is 4.39 Å². The fraction of sp³-hybridized carbons (Fsp3) is 0.429. The van der Waals surface area contributed by atoms with Gasteiger partial charge >= 0.3 is 0 Å². The van der Waals surface area contributed by atoms with Crippen molar-refractivity contribution in [3.63, 3.8) is 0 Å². The van der Waals surface area contributed by atoms with Crippen LogP contribution in [0.25, 0.3) is 0 Å². The zero-order chi connectivity index (χ0) is 12.8. The Balaban J connectivity index is 2.82. The van der Waals surface area contributed by atoms with Crippen LogP contribution in [0.2, 0.25) is 5.02 Å². The van der Waals surface area contributed by atoms with Crippen molar-refractivity contribution >= 4 is 11.6 Å². The molecule has 1 atom stereocenters. The number of allylic oxidation sites excluding steroid dienone is 1. The molecule has 0 saturated heterocycles. The summed E-state index contributed by atoms with van der Waals surface area (Å²) in [6.45, 7) is 7.10. The predicted octanol–water partition coefficient (Wildman–Crippen LogP) is 3.97. The van der Waals surface area contributed by atoms with Crippen molar-refractivity contribution in [2.45, 2.75) is 33.2 Å². The molecule has 1 aromatic rings. The molecule has 0 spiro atoms. The van der Waals surface area contributed by atoms with Crippen LogP contribution in [0.4, 0.5) is 4.39 Å². The van der Waals surface area contributed by atoms with Crippen LogP contribution < -0.4 is 5.32 Å². The summed E-state index contributed by atoms with van der Waals surface area (Å²) in [4.78, 5) is 0. The van der Waals surface area contributed by atoms with Gasteiger partial charge < -0.3 is 5.32 Å². The number of rotatable bonds is 5. The molecule has 0 aliphatic rings. The largest absolute Gasteiger partial charge is 0.310 e. The SMILES string of the molecule is CCNC(C=C(C)C)Cc1ccc(F)cc1Cl. The predicted molar refractivity (Wildman–Crippen MR) is 72.0 cm³/mol. The third-order valence-electron chi connectivity index (χ3n) is 2.46. The second-order valence-corrected chi connectivity index (χ2v) is 4.76. The van der Waals surface area contributed by atoms with Crippen LogP contribution in [-0.4, -0.2) is 12.6 Å². The minimum atomic E-state index is -0.291. The van der Waals surface area contributed by atoms with Gasteiger partial charge in [-0.15, -0.1) is 0 Å². The van der Waals surface area contributed by atoms with E-state index in [9.17, 15) is 4.39 Å². The lowest BCUT2D eigenvalue weighted by molar-refractivity contribution is 0.604. The lowest BCUT2D eigenvalue weighted by Gasteiger charge is -2.15. The Morgan fingerprint density at radius 1 is 1.47 bits per heavy atom. The summed E-state index contributed by atoms with van der Waals surface area (Å²) in [5.74, 6) is -0.291. The van der Waals surface area contributed by atoms with Crippen LogP contribution in [0, 0.1) is 5.82 Å². The Hall–Kier alpha value is -0.860. The molecule has 1 nitrogen and oxygen atoms in total. The van der Waals surface area contributed by atoms with E-state index >= 15 is 0 Å². The number of hydrogen-bond donors (Lipinski definition) is 1. The molecule has 0 heterocycles. The summed E-state index contributed by atoms with van der Waals surface area (Å²) < 4.78 is 12.9. The number of benzene rings is 1. The molecule has 17 heavy (non-hydrogen) atoms. The van der Waals surface area contributed by atoms with Gasteiger partial charge in [-0.2, -0.15) is 0 Å². The van der Waals surface area contributed by atoms with Crippen molar-refractivity contribution in [1.29, 1.82) is 0 Å². The topological polar surface area (TPSA) is 12.0 Å². The highest BCUT2D eigenvalue weighted by Crippen LogP contribution is 2.19. The molecule has 0 radical (unpaired) electrons. The molecule has 0 fully saturated rings. The fourth-order valence-electron chi connectivity index (χ4n) is 1.78. The lowest BCUT2D eigenvalue weighted by atomic mass is 10.0. The first kappa shape index (κ1) is 14.2. The quantitative estimate of drug-likeness (QED) is 0.786. The molecular formula is C14H19ClFN. The second-order valence-electron chi connectivity index (χ2n) is 4.35. The van der Waals surface area contributed by atoms with Gasteiger partial charge in [-0.1, -0.05) is 36.2 Å². The smallest absolute Gasteiger partial charge is 0.124 e. The zero-order valence-electron chi connectivity index (χ0n) is 10.6. The number of nitrogens with one attached hydrogen (secondary N) is 1. The van der Waals surface area contributed by atoms with Crippen molar-refractivity contribution in [1.82, 2.24) is 5.32 Å². The van der Waals surface area contributed by atoms with Gasteiger partial charge in [-0.3, -0.25) is 0 Å². The Morgan fingerprint density at radius 3 is 2.71 bits per heavy atom. The first-order valence-corrected chi connectivity index (χ1v) is 6.23. The van der Waals surface area contributed by atoms with E-state index in [1.807, 2.05) is 0 Å². The molecule has 0 saturated carbocycles. The summed E-state index contributed by atoms with van der Waals surface area (Å²) in [6.07, 6.45) is 2.95. The highest BCUT2D eigenvalue weighted by atomic mass is 35.5. The molecule has 1 rings (SSSR count). The van der Waals surface area contributed by atoms with Gasteiger partial charge in [0.25, 0.3) is 0 Å². The van der Waals surface area contributed by atoms with Gasteiger partial charge in [0.1, 0.15) is 5.82 Å². The van der Waals surface area contributed by atoms with E-state index in [0.29, 0.717) is 5.02 Å². The third kappa shape index (κ3) is 4.88. The average molecular weight is 256 g/mol. The Labute approximate surface area is 108 Å². The Bertz CT molecular complexity index is 397. The molecule has 1 aromatic carbocycles. The second kappa shape index (κ2) is 6.77. The maximum Gasteiger partial charge on any atom is 0.124 e. The Kier molecular flexibility index (Phi) is 5.66. The highest BCUT2D eigenvalue weighted by Gasteiger charge is 2.08. The van der Waals surface area contributed by atoms with E-state index in [1.54, 1.807) is 6.07 Å². The molecule has 0 amide bonds. The minimum Gasteiger partial charge on any atom is -0.310 e. The summed E-state index contributed by atoms with van der Waals surface area (Å²) in [5, 5.41) is 3.87. The zero-order valence-corrected chi connectivity index (χ0v) is 11.3. The van der Waals surface area contributed by atoms with E-state index in [4.69, 9.17) is 11.6 Å². The Morgan fingerprint density at radius 2 is 2.18 bits per heavy atom. The standard InChI is InChI=1S/C14H19ClFN/c1-4-17-13(7-10(2)3)8-11-5-6-12(16)9-14(11)15/h5-7,9,13,17H,4,8H2,1-3H3. The van der Waals surface area contributed by atoms with Crippen LogP contribution >= 0.6 is 11.6 Å². The summed E-state index contributed by atoms with van der Waals surface area (Å²) in [7, 11) is 0. The normalized spacial score (nSPS) is 12.3. The van der Waals surface area contributed by atoms with E-state index in [1.165, 1.54) is 17.7 Å². The van der Waals surface area contributed by atoms with Gasteiger partial charge in [-0.05, 0) is 44.5 Å². The van der Waals surface area contributed by atoms with Crippen LogP contribution in [0.15, 0.2) is 29.8 Å². The number of hydrogen-bond acceptors (Lipinski definition) is 1. The number of likely N-dealkylation sites (N-methyl/N-ethyl adjacent to an activating group) is 1. The van der Waals surface area contributed by atoms with E-state index in [-0.39, 0.29) is 11.9 Å². The van der Waals surface area contributed by atoms with Crippen LogP contribution in [0.5, 0.6) is 0 Å². The first-order valence-electron chi connectivity index (χ1n) is 5.85. The molecule has 1 N–H and O–H groups in total. The van der Waals surface area contributed by atoms with Gasteiger partial charge in [0.05, 0.1) is 0 Å². The van der Waals surface area contributed by atoms with Crippen molar-refractivity contribution in [3.05, 3.63) is 46.3 Å². The number of halogens is 2. The summed E-state index contributed by atoms with van der Waals surface area (Å²) in [6, 6.07) is 4.81. The molecule has 94 valence electrons. The van der Waals surface area contributed by atoms with Crippen molar-refractivity contribution in [2.24, 2.45) is 0 Å². The van der Waals surface area contributed by atoms with Crippen LogP contribution in [0.3, 0.4) is 0 Å². The lowest BCUT2D eigenvalue weighted by Crippen LogP contribution is -2.29. The van der Waals surface area contributed by atoms with E-state index in [2.05, 4.69) is 32.2 Å². The maximum absolute atomic E-state index is 12.9. The summed E-state index contributed by atoms with van der Waals surface area (Å²) in [5.41, 5.74) is 2.23. The van der Waals surface area contributed by atoms with Crippen LogP contribution in [-0.2, 0) is 6.42 Å². The van der Waals surface area contributed by atoms with Crippen LogP contribution in [0.1, 0.15) is 26.3 Å². The molecule has 3 heteroatoms. The van der Waals surface area contributed by atoms with Gasteiger partial charge in [0.2, 0.25) is 0 Å². The van der Waals surface area contributed by atoms with Gasteiger partial charge in [0.15, 0.2) is 0 Å². The van der Waals surface area contributed by atoms with Crippen molar-refractivity contribution in [3.8, 4) is 0 Å². The van der Waals surface area contributed by atoms with Gasteiger partial charge in [0, 0.05) is 11.1 Å². The molecule has 0 bridgehead atoms. The van der Waals surface area contributed by atoms with Gasteiger partial charge in [-0.25, -0.2) is 4.39 Å². The third-order valence-corrected chi connectivity index (χ3v) is 2.81. The molecular weight excluding hydrogens is 237 g/mol. The molecule has 0 aliphatic carbocycles. The van der Waals surface area contributed by atoms with E-state index < -0.39 is 0 Å². The monoisotopic (exact) mass is 255 g/mol. The average Bonchev–Trinajstić information content (AvgIpc) is 2.21. The minimum absolute atomic E-state index is 0.243. The first-order chi connectivity index (χ1) is 8.02. The molecule has 0 aromatic heterocycles. The fourth-order valence-corrected chi connectivity index (χ4v) is 2.02.